The third-order valence-corrected chi connectivity index (χ3v) is 5.63. The highest BCUT2D eigenvalue weighted by Gasteiger charge is 2.29. The molecule has 7 heteroatoms. The Kier molecular flexibility index (Phi) is 5.44. The highest BCUT2D eigenvalue weighted by Crippen LogP contribution is 2.33. The summed E-state index contributed by atoms with van der Waals surface area (Å²) >= 11 is 0. The van der Waals surface area contributed by atoms with Gasteiger partial charge in [-0.25, -0.2) is 0 Å². The summed E-state index contributed by atoms with van der Waals surface area (Å²) in [5.74, 6) is -0.196. The van der Waals surface area contributed by atoms with Crippen molar-refractivity contribution in [2.45, 2.75) is 26.7 Å². The number of fused-ring (bicyclic) bond motifs is 1. The lowest BCUT2D eigenvalue weighted by Gasteiger charge is -2.29. The third kappa shape index (κ3) is 4.01. The predicted octanol–water partition coefficient (Wildman–Crippen LogP) is 2.90. The maximum atomic E-state index is 12.7. The first-order valence-corrected chi connectivity index (χ1v) is 10.2. The fourth-order valence-corrected chi connectivity index (χ4v) is 3.77. The van der Waals surface area contributed by atoms with E-state index in [-0.39, 0.29) is 30.9 Å². The van der Waals surface area contributed by atoms with Crippen LogP contribution >= 0.6 is 0 Å². The van der Waals surface area contributed by atoms with Gasteiger partial charge in [0.15, 0.2) is 6.61 Å². The van der Waals surface area contributed by atoms with E-state index in [0.717, 1.165) is 37.1 Å². The first-order chi connectivity index (χ1) is 14.4. The Morgan fingerprint density at radius 2 is 1.80 bits per heavy atom. The molecule has 0 spiro atoms. The van der Waals surface area contributed by atoms with E-state index in [9.17, 15) is 14.4 Å². The molecule has 0 aliphatic carbocycles. The Labute approximate surface area is 175 Å². The number of amides is 3. The van der Waals surface area contributed by atoms with Crippen LogP contribution in [0.2, 0.25) is 0 Å². The Balaban J connectivity index is 1.54. The lowest BCUT2D eigenvalue weighted by atomic mass is 10.1. The molecule has 2 aromatic carbocycles. The SMILES string of the molecule is Cc1ccc(NC(=O)CN2C(=O)COc3ccc(C(=O)N4CCCC4)cc32)cc1C. The first-order valence-electron chi connectivity index (χ1n) is 10.2. The van der Waals surface area contributed by atoms with E-state index in [2.05, 4.69) is 5.32 Å². The summed E-state index contributed by atoms with van der Waals surface area (Å²) in [6, 6.07) is 10.7. The fourth-order valence-electron chi connectivity index (χ4n) is 3.77. The van der Waals surface area contributed by atoms with E-state index in [1.54, 1.807) is 18.2 Å². The van der Waals surface area contributed by atoms with Crippen molar-refractivity contribution in [1.29, 1.82) is 0 Å². The number of hydrogen-bond acceptors (Lipinski definition) is 4. The zero-order valence-electron chi connectivity index (χ0n) is 17.2. The van der Waals surface area contributed by atoms with Crippen LogP contribution in [0, 0.1) is 13.8 Å². The molecule has 2 aliphatic rings. The first kappa shape index (κ1) is 19.9. The summed E-state index contributed by atoms with van der Waals surface area (Å²) < 4.78 is 5.51. The van der Waals surface area contributed by atoms with E-state index in [1.807, 2.05) is 36.9 Å². The molecule has 156 valence electrons. The normalized spacial score (nSPS) is 15.6. The van der Waals surface area contributed by atoms with Gasteiger partial charge in [0.25, 0.3) is 11.8 Å². The molecule has 2 aromatic rings. The largest absolute Gasteiger partial charge is 0.482 e. The molecule has 0 aromatic heterocycles. The van der Waals surface area contributed by atoms with Crippen LogP contribution in [-0.2, 0) is 9.59 Å². The van der Waals surface area contributed by atoms with Crippen molar-refractivity contribution in [3.8, 4) is 5.75 Å². The molecule has 2 heterocycles. The lowest BCUT2D eigenvalue weighted by molar-refractivity contribution is -0.123. The Morgan fingerprint density at radius 3 is 2.53 bits per heavy atom. The number of likely N-dealkylation sites (tertiary alicyclic amines) is 1. The van der Waals surface area contributed by atoms with Gasteiger partial charge >= 0.3 is 0 Å². The second kappa shape index (κ2) is 8.18. The summed E-state index contributed by atoms with van der Waals surface area (Å²) in [6.07, 6.45) is 2.01. The topological polar surface area (TPSA) is 79.0 Å². The summed E-state index contributed by atoms with van der Waals surface area (Å²) in [6.45, 7) is 5.19. The van der Waals surface area contributed by atoms with E-state index in [4.69, 9.17) is 4.74 Å². The second-order valence-electron chi connectivity index (χ2n) is 7.80. The Hall–Kier alpha value is -3.35. The van der Waals surface area contributed by atoms with Crippen LogP contribution in [0.1, 0.15) is 34.3 Å². The van der Waals surface area contributed by atoms with Gasteiger partial charge in [-0.2, -0.15) is 0 Å². The molecule has 0 saturated carbocycles. The van der Waals surface area contributed by atoms with Crippen molar-refractivity contribution in [2.75, 3.05) is 36.5 Å². The average Bonchev–Trinajstić information content (AvgIpc) is 3.27. The smallest absolute Gasteiger partial charge is 0.265 e. The van der Waals surface area contributed by atoms with Crippen molar-refractivity contribution in [1.82, 2.24) is 4.90 Å². The number of hydrogen-bond donors (Lipinski definition) is 1. The predicted molar refractivity (Wildman–Crippen MR) is 114 cm³/mol. The van der Waals surface area contributed by atoms with Gasteiger partial charge in [-0.3, -0.25) is 19.3 Å². The van der Waals surface area contributed by atoms with Crippen LogP contribution < -0.4 is 15.0 Å². The maximum Gasteiger partial charge on any atom is 0.265 e. The summed E-state index contributed by atoms with van der Waals surface area (Å²) in [7, 11) is 0. The molecule has 3 amide bonds. The third-order valence-electron chi connectivity index (χ3n) is 5.63. The van der Waals surface area contributed by atoms with E-state index in [1.165, 1.54) is 4.90 Å². The molecule has 0 unspecified atom stereocenters. The number of anilines is 2. The Morgan fingerprint density at radius 1 is 1.03 bits per heavy atom. The van der Waals surface area contributed by atoms with Crippen LogP contribution in [-0.4, -0.2) is 48.9 Å². The van der Waals surface area contributed by atoms with Crippen LogP contribution in [0.4, 0.5) is 11.4 Å². The average molecular weight is 407 g/mol. The number of benzene rings is 2. The van der Waals surface area contributed by atoms with Gasteiger partial charge < -0.3 is 15.0 Å². The van der Waals surface area contributed by atoms with Crippen molar-refractivity contribution in [3.05, 3.63) is 53.1 Å². The van der Waals surface area contributed by atoms with Gasteiger partial charge in [0, 0.05) is 24.3 Å². The summed E-state index contributed by atoms with van der Waals surface area (Å²) in [5, 5.41) is 2.84. The van der Waals surface area contributed by atoms with Crippen molar-refractivity contribution in [2.24, 2.45) is 0 Å². The van der Waals surface area contributed by atoms with E-state index >= 15 is 0 Å². The minimum absolute atomic E-state index is 0.0622. The summed E-state index contributed by atoms with van der Waals surface area (Å²) in [5.41, 5.74) is 3.84. The van der Waals surface area contributed by atoms with Gasteiger partial charge in [-0.15, -0.1) is 0 Å². The molecule has 1 fully saturated rings. The fraction of sp³-hybridized carbons (Fsp3) is 0.348. The second-order valence-corrected chi connectivity index (χ2v) is 7.80. The van der Waals surface area contributed by atoms with Gasteiger partial charge in [0.05, 0.1) is 5.69 Å². The van der Waals surface area contributed by atoms with Crippen molar-refractivity contribution >= 4 is 29.1 Å². The van der Waals surface area contributed by atoms with Crippen LogP contribution in [0.25, 0.3) is 0 Å². The molecular formula is C23H25N3O4. The number of ether oxygens (including phenoxy) is 1. The molecular weight excluding hydrogens is 382 g/mol. The molecule has 1 N–H and O–H groups in total. The van der Waals surface area contributed by atoms with Gasteiger partial charge in [-0.05, 0) is 68.1 Å². The monoisotopic (exact) mass is 407 g/mol. The molecule has 2 aliphatic heterocycles. The number of carbonyl (C=O) groups is 3. The summed E-state index contributed by atoms with van der Waals surface area (Å²) in [4.78, 5) is 41.1. The molecule has 0 radical (unpaired) electrons. The highest BCUT2D eigenvalue weighted by molar-refractivity contribution is 6.06. The van der Waals surface area contributed by atoms with E-state index in [0.29, 0.717) is 22.7 Å². The number of aryl methyl sites for hydroxylation is 2. The quantitative estimate of drug-likeness (QED) is 0.845. The molecule has 7 nitrogen and oxygen atoms in total. The van der Waals surface area contributed by atoms with Crippen molar-refractivity contribution in [3.63, 3.8) is 0 Å². The van der Waals surface area contributed by atoms with Crippen LogP contribution in [0.3, 0.4) is 0 Å². The highest BCUT2D eigenvalue weighted by atomic mass is 16.5. The van der Waals surface area contributed by atoms with Gasteiger partial charge in [0.1, 0.15) is 12.3 Å². The number of carbonyl (C=O) groups excluding carboxylic acids is 3. The zero-order chi connectivity index (χ0) is 21.3. The maximum absolute atomic E-state index is 12.7. The van der Waals surface area contributed by atoms with Crippen molar-refractivity contribution < 1.29 is 19.1 Å². The molecule has 4 rings (SSSR count). The lowest BCUT2D eigenvalue weighted by Crippen LogP contribution is -2.43. The number of nitrogens with one attached hydrogen (secondary N) is 1. The Bertz CT molecular complexity index is 1010. The standard InChI is InChI=1S/C23H25N3O4/c1-15-5-7-18(11-16(15)2)24-21(27)13-26-19-12-17(23(29)25-9-3-4-10-25)6-8-20(19)30-14-22(26)28/h5-8,11-12H,3-4,9-10,13-14H2,1-2H3,(H,24,27). The minimum Gasteiger partial charge on any atom is -0.482 e. The molecule has 1 saturated heterocycles. The minimum atomic E-state index is -0.316. The molecule has 0 bridgehead atoms. The molecule has 0 atom stereocenters. The zero-order valence-corrected chi connectivity index (χ0v) is 17.2. The van der Waals surface area contributed by atoms with Gasteiger partial charge in [-0.1, -0.05) is 6.07 Å². The van der Waals surface area contributed by atoms with E-state index < -0.39 is 0 Å². The molecule has 30 heavy (non-hydrogen) atoms. The van der Waals surface area contributed by atoms with Crippen LogP contribution in [0.5, 0.6) is 5.75 Å². The van der Waals surface area contributed by atoms with Gasteiger partial charge in [0.2, 0.25) is 5.91 Å². The van der Waals surface area contributed by atoms with Crippen LogP contribution in [0.15, 0.2) is 36.4 Å². The number of rotatable bonds is 4. The number of nitrogens with zero attached hydrogens (tertiary/aromatic N) is 2.